The van der Waals surface area contributed by atoms with Gasteiger partial charge in [0.25, 0.3) is 5.56 Å². The molecule has 0 aromatic carbocycles. The monoisotopic (exact) mass is 807 g/mol. The van der Waals surface area contributed by atoms with Crippen LogP contribution in [-0.2, 0) is 48.4 Å². The van der Waals surface area contributed by atoms with Gasteiger partial charge in [-0.25, -0.2) is 34.0 Å². The lowest BCUT2D eigenvalue weighted by Crippen LogP contribution is -2.50. The van der Waals surface area contributed by atoms with Crippen LogP contribution in [0.1, 0.15) is 33.2 Å². The fourth-order valence-corrected chi connectivity index (χ4v) is 10.1. The second-order valence-electron chi connectivity index (χ2n) is 13.8. The highest BCUT2D eigenvalue weighted by Crippen LogP contribution is 2.59. The molecule has 19 nitrogen and oxygen atoms in total. The number of imidazole rings is 2. The van der Waals surface area contributed by atoms with E-state index in [0.717, 1.165) is 0 Å². The van der Waals surface area contributed by atoms with Gasteiger partial charge in [-0.2, -0.15) is 5.10 Å². The van der Waals surface area contributed by atoms with Gasteiger partial charge in [-0.05, 0) is 29.9 Å². The van der Waals surface area contributed by atoms with Crippen LogP contribution in [-0.4, -0.2) is 102 Å². The van der Waals surface area contributed by atoms with Crippen LogP contribution in [0.3, 0.4) is 0 Å². The fraction of sp³-hybridized carbons (Fsp3) is 0.615. The number of nitrogens with two attached hydrogens (primary N) is 1. The predicted molar refractivity (Wildman–Crippen MR) is 187 cm³/mol. The van der Waals surface area contributed by atoms with Crippen molar-refractivity contribution in [2.24, 2.45) is 0 Å². The van der Waals surface area contributed by atoms with Gasteiger partial charge in [0.15, 0.2) is 43.9 Å². The van der Waals surface area contributed by atoms with E-state index in [1.807, 2.05) is 33.9 Å². The van der Waals surface area contributed by atoms with E-state index < -0.39 is 89.8 Å². The smallest absolute Gasteiger partial charge is 0.386 e. The van der Waals surface area contributed by atoms with Crippen molar-refractivity contribution in [2.75, 3.05) is 18.9 Å². The Bertz CT molecular complexity index is 2120. The minimum atomic E-state index is -4.39. The second-order valence-corrected chi connectivity index (χ2v) is 24.2. The van der Waals surface area contributed by atoms with Crippen LogP contribution in [0, 0.1) is 0 Å². The first kappa shape index (κ1) is 37.1. The molecule has 0 radical (unpaired) electrons. The number of halogens is 1. The first-order chi connectivity index (χ1) is 23.9. The Labute approximate surface area is 300 Å². The summed E-state index contributed by atoms with van der Waals surface area (Å²) in [6.07, 6.45) is -5.55. The Kier molecular flexibility index (Phi) is 9.64. The molecule has 7 heterocycles. The lowest BCUT2D eigenvalue weighted by molar-refractivity contribution is -0.0585. The maximum atomic E-state index is 16.3. The summed E-state index contributed by atoms with van der Waals surface area (Å²) in [6.45, 7) is 0.422. The summed E-state index contributed by atoms with van der Waals surface area (Å²) in [5.74, 6) is 0.0680. The number of nitrogens with one attached hydrogen (secondary N) is 1. The molecule has 51 heavy (non-hydrogen) atoms. The zero-order valence-corrected chi connectivity index (χ0v) is 32.3. The maximum absolute atomic E-state index is 16.3. The number of hydrogen-bond acceptors (Lipinski definition) is 16. The van der Waals surface area contributed by atoms with Crippen LogP contribution in [0.2, 0.25) is 18.1 Å². The number of aromatic nitrogens is 8. The number of ether oxygens (including phenoxy) is 2. The minimum Gasteiger partial charge on any atom is -0.408 e. The summed E-state index contributed by atoms with van der Waals surface area (Å²) in [5, 5.41) is 5.91. The summed E-state index contributed by atoms with van der Waals surface area (Å²) < 4.78 is 75.6. The highest BCUT2D eigenvalue weighted by atomic mass is 32.7. The molecule has 4 aromatic heterocycles. The Hall–Kier alpha value is -2.24. The number of alkyl halides is 1. The third-order valence-electron chi connectivity index (χ3n) is 9.44. The molecule has 3 aliphatic heterocycles. The van der Waals surface area contributed by atoms with Crippen molar-refractivity contribution in [2.45, 2.75) is 88.1 Å². The fourth-order valence-electron chi connectivity index (χ4n) is 5.86. The highest BCUT2D eigenvalue weighted by Gasteiger charge is 2.56. The molecule has 278 valence electrons. The molecule has 4 aromatic rings. The van der Waals surface area contributed by atoms with Crippen molar-refractivity contribution in [1.29, 1.82) is 0 Å². The van der Waals surface area contributed by atoms with E-state index in [2.05, 4.69) is 42.4 Å². The molecule has 3 aliphatic rings. The quantitative estimate of drug-likeness (QED) is 0.132. The van der Waals surface area contributed by atoms with Gasteiger partial charge in [0, 0.05) is 0 Å². The van der Waals surface area contributed by atoms with Gasteiger partial charge in [0.1, 0.15) is 42.4 Å². The predicted octanol–water partition coefficient (Wildman–Crippen LogP) is 3.14. The zero-order chi connectivity index (χ0) is 36.7. The first-order valence-corrected chi connectivity index (χ1v) is 23.8. The minimum absolute atomic E-state index is 0.0656. The average Bonchev–Trinajstić information content (AvgIpc) is 3.80. The topological polar surface area (TPSA) is 235 Å². The van der Waals surface area contributed by atoms with E-state index in [1.54, 1.807) is 0 Å². The molecule has 3 saturated heterocycles. The second kappa shape index (κ2) is 13.3. The van der Waals surface area contributed by atoms with Crippen molar-refractivity contribution >= 4 is 73.9 Å². The van der Waals surface area contributed by atoms with Gasteiger partial charge in [-0.1, -0.05) is 33.0 Å². The van der Waals surface area contributed by atoms with Crippen molar-refractivity contribution in [3.63, 3.8) is 0 Å². The Morgan fingerprint density at radius 2 is 1.75 bits per heavy atom. The third-order valence-corrected chi connectivity index (χ3v) is 17.1. The normalized spacial score (nSPS) is 35.4. The lowest BCUT2D eigenvalue weighted by Gasteiger charge is -2.40. The van der Waals surface area contributed by atoms with Crippen LogP contribution in [0.25, 0.3) is 22.2 Å². The summed E-state index contributed by atoms with van der Waals surface area (Å²) in [4.78, 5) is 40.5. The number of aromatic amines is 1. The van der Waals surface area contributed by atoms with Gasteiger partial charge in [-0.15, -0.1) is 0 Å². The molecule has 0 saturated carbocycles. The van der Waals surface area contributed by atoms with Crippen molar-refractivity contribution in [3.05, 3.63) is 35.5 Å². The lowest BCUT2D eigenvalue weighted by atomic mass is 10.1. The van der Waals surface area contributed by atoms with E-state index >= 15 is 4.39 Å². The average molecular weight is 808 g/mol. The van der Waals surface area contributed by atoms with Gasteiger partial charge in [-0.3, -0.25) is 27.5 Å². The Morgan fingerprint density at radius 1 is 1.06 bits per heavy atom. The summed E-state index contributed by atoms with van der Waals surface area (Å²) in [7, 11) is -2.65. The summed E-state index contributed by atoms with van der Waals surface area (Å²) in [6, 6.07) is 0. The van der Waals surface area contributed by atoms with Gasteiger partial charge < -0.3 is 29.1 Å². The van der Waals surface area contributed by atoms with Crippen LogP contribution in [0.15, 0.2) is 30.0 Å². The number of H-pyrrole nitrogens is 1. The van der Waals surface area contributed by atoms with Gasteiger partial charge in [0.2, 0.25) is 0 Å². The molecule has 2 unspecified atom stereocenters. The molecule has 3 fully saturated rings. The summed E-state index contributed by atoms with van der Waals surface area (Å²) in [5.41, 5.74) is 6.09. The van der Waals surface area contributed by atoms with Crippen LogP contribution in [0.5, 0.6) is 0 Å². The number of rotatable bonds is 4. The highest BCUT2D eigenvalue weighted by molar-refractivity contribution is 8.44. The van der Waals surface area contributed by atoms with Gasteiger partial charge in [0.05, 0.1) is 37.6 Å². The summed E-state index contributed by atoms with van der Waals surface area (Å²) >= 11 is 9.69. The number of nitrogens with zero attached hydrogens (tertiary/aromatic N) is 7. The van der Waals surface area contributed by atoms with E-state index in [9.17, 15) is 14.3 Å². The van der Waals surface area contributed by atoms with E-state index in [4.69, 9.17) is 49.5 Å². The molecular weight excluding hydrogens is 772 g/mol. The van der Waals surface area contributed by atoms with Crippen molar-refractivity contribution in [3.8, 4) is 0 Å². The first-order valence-electron chi connectivity index (χ1n) is 15.6. The SMILES string of the molecule is CC(C)(C)[Si](C)(C)O[C@H]1[C@H]2OP(O)(=S)OC[C@H]3O[C@@H](n4cnc5c(N)ncnc54)[C@H](F)[C@@H]3OP(=O)(S)OC[C@H]1O[C@H]2n1cnc2c(=O)[nH]ncc21. The van der Waals surface area contributed by atoms with E-state index in [0.29, 0.717) is 0 Å². The van der Waals surface area contributed by atoms with Crippen LogP contribution >= 0.6 is 25.8 Å². The third kappa shape index (κ3) is 6.97. The molecule has 10 atom stereocenters. The molecule has 25 heteroatoms. The van der Waals surface area contributed by atoms with Gasteiger partial charge >= 0.3 is 13.5 Å². The molecule has 2 bridgehead atoms. The van der Waals surface area contributed by atoms with Crippen LogP contribution in [0.4, 0.5) is 10.2 Å². The molecule has 0 aliphatic carbocycles. The van der Waals surface area contributed by atoms with Crippen LogP contribution < -0.4 is 11.3 Å². The number of anilines is 1. The molecule has 7 rings (SSSR count). The Balaban J connectivity index is 1.26. The zero-order valence-electron chi connectivity index (χ0n) is 27.8. The largest absolute Gasteiger partial charge is 0.408 e. The number of hydrogen-bond donors (Lipinski definition) is 4. The van der Waals surface area contributed by atoms with E-state index in [-0.39, 0.29) is 33.1 Å². The standard InChI is InChI=1S/C26H36FN9O10P2S2Si/c1-26(2,3)51(4,5)46-19-14-8-41-47(38,49)44-18-13(42-24(15(18)27)36-11-32-17-21(28)29-9-30-22(17)36)7-40-48(39,50)45-20(19)25(43-14)35-10-31-16-12(35)6-33-34-23(16)37/h6,9-11,13-15,18-20,24-25H,7-8H2,1-5H3,(H,34,37)(H,38,49)(H,39,50)(H2,28,29,30)/t13-,14-,15-,18-,19-,20-,24-,25-,47?,48?/m1/s1. The molecular formula is C26H36FN9O10P2S2Si. The molecule has 4 N–H and O–H groups in total. The Morgan fingerprint density at radius 3 is 2.49 bits per heavy atom. The number of nitrogen functional groups attached to an aromatic ring is 1. The van der Waals surface area contributed by atoms with E-state index in [1.165, 1.54) is 34.3 Å². The molecule has 0 spiro atoms. The number of thiol groups is 1. The maximum Gasteiger partial charge on any atom is 0.386 e. The molecule has 0 amide bonds. The van der Waals surface area contributed by atoms with Crippen molar-refractivity contribution < 1.29 is 45.8 Å². The number of fused-ring (bicyclic) bond motifs is 5. The van der Waals surface area contributed by atoms with Crippen molar-refractivity contribution in [1.82, 2.24) is 39.3 Å².